The van der Waals surface area contributed by atoms with E-state index in [-0.39, 0.29) is 16.3 Å². The number of nitrogens with zero attached hydrogens (tertiary/aromatic N) is 3. The summed E-state index contributed by atoms with van der Waals surface area (Å²) in [4.78, 5) is 16.5. The highest BCUT2D eigenvalue weighted by Gasteiger charge is 2.49. The number of aliphatic imine (C=N–C) groups is 1. The Morgan fingerprint density at radius 3 is 2.30 bits per heavy atom. The van der Waals surface area contributed by atoms with Crippen molar-refractivity contribution in [2.45, 2.75) is 44.4 Å². The van der Waals surface area contributed by atoms with Gasteiger partial charge in [-0.15, -0.1) is 0 Å². The quantitative estimate of drug-likeness (QED) is 0.520. The number of alkyl halides is 1. The average Bonchev–Trinajstić information content (AvgIpc) is 2.65. The molecule has 0 bridgehead atoms. The van der Waals surface area contributed by atoms with Crippen molar-refractivity contribution in [3.8, 4) is 0 Å². The van der Waals surface area contributed by atoms with Crippen LogP contribution in [-0.2, 0) is 0 Å². The van der Waals surface area contributed by atoms with Gasteiger partial charge in [0.05, 0.1) is 11.3 Å². The summed E-state index contributed by atoms with van der Waals surface area (Å²) >= 11 is 6.14. The predicted molar refractivity (Wildman–Crippen MR) is 84.8 cm³/mol. The molecule has 1 unspecified atom stereocenters. The summed E-state index contributed by atoms with van der Waals surface area (Å²) in [6, 6.07) is 4.58. The van der Waals surface area contributed by atoms with Crippen molar-refractivity contribution in [3.05, 3.63) is 40.9 Å². The highest BCUT2D eigenvalue weighted by atomic mass is 35.5. The summed E-state index contributed by atoms with van der Waals surface area (Å²) in [7, 11) is 0. The van der Waals surface area contributed by atoms with Crippen LogP contribution in [0.3, 0.4) is 0 Å². The van der Waals surface area contributed by atoms with Crippen LogP contribution in [0.15, 0.2) is 29.3 Å². The Morgan fingerprint density at radius 2 is 1.87 bits per heavy atom. The standard InChI is InChI=1S/C15H18ClFN3O3/c1-14(2)11(18-15(3,4)20(14)23)12(16)19(22)13(21)9-5-7-10(17)8-6-9/h5-8,12,23H,1-4H3/q-1. The molecule has 1 amide bonds. The first-order valence-corrected chi connectivity index (χ1v) is 7.42. The van der Waals surface area contributed by atoms with Gasteiger partial charge < -0.3 is 15.5 Å². The van der Waals surface area contributed by atoms with Crippen molar-refractivity contribution < 1.29 is 14.4 Å². The third-order valence-electron chi connectivity index (χ3n) is 3.79. The molecule has 0 radical (unpaired) electrons. The van der Waals surface area contributed by atoms with E-state index >= 15 is 0 Å². The second kappa shape index (κ2) is 5.83. The molecule has 1 atom stereocenters. The average molecular weight is 343 g/mol. The maximum Gasteiger partial charge on any atom is 0.244 e. The summed E-state index contributed by atoms with van der Waals surface area (Å²) in [6.07, 6.45) is 0. The minimum absolute atomic E-state index is 0.0172. The molecule has 0 saturated carbocycles. The van der Waals surface area contributed by atoms with Gasteiger partial charge in [0.25, 0.3) is 0 Å². The molecule has 0 spiro atoms. The Hall–Kier alpha value is -1.54. The molecular formula is C15H18ClFN3O3-. The molecule has 0 saturated heterocycles. The zero-order valence-electron chi connectivity index (χ0n) is 13.2. The minimum atomic E-state index is -1.39. The Kier molecular flexibility index (Phi) is 4.51. The highest BCUT2D eigenvalue weighted by molar-refractivity contribution is 6.34. The largest absolute Gasteiger partial charge is 0.755 e. The molecule has 2 rings (SSSR count). The fourth-order valence-electron chi connectivity index (χ4n) is 2.55. The van der Waals surface area contributed by atoms with Crippen LogP contribution >= 0.6 is 11.6 Å². The van der Waals surface area contributed by atoms with Crippen LogP contribution in [0.4, 0.5) is 4.39 Å². The fourth-order valence-corrected chi connectivity index (χ4v) is 2.95. The van der Waals surface area contributed by atoms with E-state index in [9.17, 15) is 19.6 Å². The summed E-state index contributed by atoms with van der Waals surface area (Å²) in [6.45, 7) is 6.60. The number of benzene rings is 1. The fraction of sp³-hybridized carbons (Fsp3) is 0.467. The van der Waals surface area contributed by atoms with E-state index in [2.05, 4.69) is 4.99 Å². The Bertz CT molecular complexity index is 646. The van der Waals surface area contributed by atoms with E-state index in [4.69, 9.17) is 11.6 Å². The molecular weight excluding hydrogens is 325 g/mol. The Labute approximate surface area is 138 Å². The Morgan fingerprint density at radius 1 is 1.35 bits per heavy atom. The Balaban J connectivity index is 2.27. The molecule has 0 aliphatic carbocycles. The van der Waals surface area contributed by atoms with E-state index in [0.717, 1.165) is 17.2 Å². The first-order valence-electron chi connectivity index (χ1n) is 6.98. The molecule has 6 nitrogen and oxygen atoms in total. The smallest absolute Gasteiger partial charge is 0.244 e. The molecule has 1 N–H and O–H groups in total. The van der Waals surface area contributed by atoms with Crippen molar-refractivity contribution >= 4 is 23.2 Å². The van der Waals surface area contributed by atoms with E-state index in [1.54, 1.807) is 27.7 Å². The number of halogens is 2. The lowest BCUT2D eigenvalue weighted by atomic mass is 9.98. The molecule has 23 heavy (non-hydrogen) atoms. The first kappa shape index (κ1) is 17.8. The van der Waals surface area contributed by atoms with Gasteiger partial charge in [-0.1, -0.05) is 11.6 Å². The molecule has 0 aromatic heterocycles. The summed E-state index contributed by atoms with van der Waals surface area (Å²) in [5.74, 6) is -1.42. The molecule has 1 aliphatic rings. The number of rotatable bonds is 3. The van der Waals surface area contributed by atoms with Crippen molar-refractivity contribution in [1.29, 1.82) is 0 Å². The van der Waals surface area contributed by atoms with Crippen LogP contribution in [0.5, 0.6) is 0 Å². The maximum absolute atomic E-state index is 12.9. The zero-order chi connectivity index (χ0) is 17.6. The van der Waals surface area contributed by atoms with E-state index in [1.807, 2.05) is 0 Å². The van der Waals surface area contributed by atoms with Gasteiger partial charge in [0.1, 0.15) is 17.0 Å². The van der Waals surface area contributed by atoms with Crippen LogP contribution in [-0.4, -0.2) is 43.7 Å². The van der Waals surface area contributed by atoms with Gasteiger partial charge >= 0.3 is 0 Å². The van der Waals surface area contributed by atoms with Crippen LogP contribution in [0, 0.1) is 11.0 Å². The van der Waals surface area contributed by atoms with Crippen LogP contribution in [0.1, 0.15) is 38.1 Å². The van der Waals surface area contributed by atoms with E-state index in [0.29, 0.717) is 0 Å². The molecule has 1 aromatic rings. The zero-order valence-corrected chi connectivity index (χ0v) is 14.0. The lowest BCUT2D eigenvalue weighted by Crippen LogP contribution is -2.53. The van der Waals surface area contributed by atoms with Crippen LogP contribution < -0.4 is 0 Å². The number of hydroxylamine groups is 4. The second-order valence-electron chi connectivity index (χ2n) is 6.34. The van der Waals surface area contributed by atoms with E-state index in [1.165, 1.54) is 12.1 Å². The monoisotopic (exact) mass is 342 g/mol. The second-order valence-corrected chi connectivity index (χ2v) is 6.75. The van der Waals surface area contributed by atoms with Gasteiger partial charge in [-0.2, -0.15) is 5.06 Å². The summed E-state index contributed by atoms with van der Waals surface area (Å²) in [5.41, 5.74) is -3.17. The molecule has 8 heteroatoms. The molecule has 1 heterocycles. The van der Waals surface area contributed by atoms with Crippen molar-refractivity contribution in [2.24, 2.45) is 4.99 Å². The van der Waals surface area contributed by atoms with Gasteiger partial charge in [-0.3, -0.25) is 9.79 Å². The SMILES string of the molecule is CC1(C)N=C(C(Cl)N([O-])C(=O)c2ccc(F)cc2)C(C)(C)N1O. The topological polar surface area (TPSA) is 79.2 Å². The third kappa shape index (κ3) is 3.10. The van der Waals surface area contributed by atoms with Gasteiger partial charge in [-0.25, -0.2) is 4.39 Å². The van der Waals surface area contributed by atoms with Crippen LogP contribution in [0.2, 0.25) is 0 Å². The lowest BCUT2D eigenvalue weighted by Gasteiger charge is -2.39. The maximum atomic E-state index is 12.9. The van der Waals surface area contributed by atoms with Gasteiger partial charge in [-0.05, 0) is 52.0 Å². The molecule has 0 fully saturated rings. The summed E-state index contributed by atoms with van der Waals surface area (Å²) in [5, 5.41) is 23.5. The number of amides is 1. The predicted octanol–water partition coefficient (Wildman–Crippen LogP) is 2.99. The van der Waals surface area contributed by atoms with Crippen molar-refractivity contribution in [3.63, 3.8) is 0 Å². The number of carbonyl (C=O) groups excluding carboxylic acids is 1. The number of hydrogen-bond acceptors (Lipinski definition) is 5. The molecule has 1 aliphatic heterocycles. The molecule has 126 valence electrons. The van der Waals surface area contributed by atoms with Crippen molar-refractivity contribution in [1.82, 2.24) is 10.1 Å². The van der Waals surface area contributed by atoms with Crippen LogP contribution in [0.25, 0.3) is 0 Å². The van der Waals surface area contributed by atoms with Gasteiger partial charge in [0.2, 0.25) is 5.91 Å². The van der Waals surface area contributed by atoms with Gasteiger partial charge in [0.15, 0.2) is 0 Å². The first-order chi connectivity index (χ1) is 10.5. The van der Waals surface area contributed by atoms with Crippen molar-refractivity contribution in [2.75, 3.05) is 0 Å². The normalized spacial score (nSPS) is 21.0. The highest BCUT2D eigenvalue weighted by Crippen LogP contribution is 2.36. The number of hydrogen-bond donors (Lipinski definition) is 1. The molecule has 1 aromatic carbocycles. The summed E-state index contributed by atoms with van der Waals surface area (Å²) < 4.78 is 12.9. The lowest BCUT2D eigenvalue weighted by molar-refractivity contribution is -0.188. The van der Waals surface area contributed by atoms with Gasteiger partial charge in [0, 0.05) is 5.56 Å². The van der Waals surface area contributed by atoms with E-state index < -0.39 is 28.4 Å². The third-order valence-corrected chi connectivity index (χ3v) is 4.18. The minimum Gasteiger partial charge on any atom is -0.755 e. The number of carbonyl (C=O) groups is 1.